The SMILES string of the molecule is CS[PH](=S)SP(=S)([S-])[n+]1ccccc1. The average Bonchev–Trinajstić information content (AvgIpc) is 2.18. The van der Waals surface area contributed by atoms with Gasteiger partial charge in [0.25, 0.3) is 0 Å². The smallest absolute Gasteiger partial charge is 0.169 e. The molecule has 0 aliphatic carbocycles. The first-order valence-corrected chi connectivity index (χ1v) is 14.1. The van der Waals surface area contributed by atoms with Crippen LogP contribution in [0.2, 0.25) is 0 Å². The highest BCUT2D eigenvalue weighted by atomic mass is 33.5. The maximum Gasteiger partial charge on any atom is 0.169 e. The van der Waals surface area contributed by atoms with Gasteiger partial charge in [-0.3, -0.25) is 0 Å². The third-order valence-electron chi connectivity index (χ3n) is 1.34. The highest BCUT2D eigenvalue weighted by molar-refractivity contribution is 9.16. The lowest BCUT2D eigenvalue weighted by Crippen LogP contribution is -2.25. The lowest BCUT2D eigenvalue weighted by molar-refractivity contribution is -0.504. The van der Waals surface area contributed by atoms with Gasteiger partial charge in [0.05, 0.1) is 5.10 Å². The van der Waals surface area contributed by atoms with E-state index in [1.807, 2.05) is 41.2 Å². The molecule has 14 heavy (non-hydrogen) atoms. The second kappa shape index (κ2) is 6.29. The van der Waals surface area contributed by atoms with Gasteiger partial charge < -0.3 is 12.2 Å². The molecular weight excluding hydrogens is 308 g/mol. The largest absolute Gasteiger partial charge is 0.665 e. The van der Waals surface area contributed by atoms with Crippen LogP contribution in [0.15, 0.2) is 30.6 Å². The Morgan fingerprint density at radius 1 is 1.36 bits per heavy atom. The van der Waals surface area contributed by atoms with Crippen molar-refractivity contribution < 1.29 is 4.34 Å². The summed E-state index contributed by atoms with van der Waals surface area (Å²) in [6, 6.07) is 5.85. The van der Waals surface area contributed by atoms with Crippen LogP contribution in [0.5, 0.6) is 0 Å². The summed E-state index contributed by atoms with van der Waals surface area (Å²) in [4.78, 5) is 0. The number of aromatic nitrogens is 1. The maximum absolute atomic E-state index is 5.45. The fraction of sp³-hybridized carbons (Fsp3) is 0.167. The number of hydrogen-bond donors (Lipinski definition) is 0. The van der Waals surface area contributed by atoms with Crippen LogP contribution in [0.25, 0.3) is 0 Å². The Hall–Kier alpha value is 1.50. The summed E-state index contributed by atoms with van der Waals surface area (Å²) >= 11 is 19.5. The van der Waals surface area contributed by atoms with E-state index >= 15 is 0 Å². The van der Waals surface area contributed by atoms with Crippen molar-refractivity contribution in [3.63, 3.8) is 0 Å². The van der Waals surface area contributed by atoms with E-state index in [1.165, 1.54) is 0 Å². The number of pyridine rings is 1. The minimum atomic E-state index is -1.95. The van der Waals surface area contributed by atoms with E-state index in [9.17, 15) is 0 Å². The molecule has 0 saturated heterocycles. The summed E-state index contributed by atoms with van der Waals surface area (Å²) in [5.41, 5.74) is 0. The first kappa shape index (κ1) is 13.6. The molecule has 0 bridgehead atoms. The van der Waals surface area contributed by atoms with E-state index in [-0.39, 0.29) is 0 Å². The molecule has 0 aliphatic heterocycles. The molecule has 0 aliphatic rings. The molecule has 1 nitrogen and oxygen atoms in total. The Bertz CT molecular complexity index is 368. The Kier molecular flexibility index (Phi) is 6.09. The topological polar surface area (TPSA) is 3.88 Å². The molecule has 0 amide bonds. The van der Waals surface area contributed by atoms with Gasteiger partial charge in [-0.25, -0.2) is 0 Å². The molecule has 0 spiro atoms. The van der Waals surface area contributed by atoms with Gasteiger partial charge in [-0.1, -0.05) is 17.9 Å². The van der Waals surface area contributed by atoms with Gasteiger partial charge >= 0.3 is 0 Å². The first-order valence-electron chi connectivity index (χ1n) is 3.62. The average molecular weight is 317 g/mol. The monoisotopic (exact) mass is 317 g/mol. The van der Waals surface area contributed by atoms with E-state index in [4.69, 9.17) is 35.9 Å². The Morgan fingerprint density at radius 2 is 1.93 bits per heavy atom. The Balaban J connectivity index is 2.86. The van der Waals surface area contributed by atoms with Crippen LogP contribution in [0.4, 0.5) is 0 Å². The van der Waals surface area contributed by atoms with E-state index in [2.05, 4.69) is 0 Å². The zero-order valence-corrected chi connectivity index (χ0v) is 13.3. The van der Waals surface area contributed by atoms with Crippen LogP contribution in [0.3, 0.4) is 0 Å². The van der Waals surface area contributed by atoms with Crippen molar-refractivity contribution in [2.75, 3.05) is 6.26 Å². The molecular formula is C6H9NP2S5. The van der Waals surface area contributed by atoms with Gasteiger partial charge in [-0.05, 0) is 29.1 Å². The molecule has 0 fully saturated rings. The van der Waals surface area contributed by atoms with E-state index in [0.717, 1.165) is 0 Å². The molecule has 1 aromatic heterocycles. The van der Waals surface area contributed by atoms with Crippen LogP contribution in [0.1, 0.15) is 0 Å². The van der Waals surface area contributed by atoms with E-state index < -0.39 is 9.69 Å². The van der Waals surface area contributed by atoms with Crippen molar-refractivity contribution >= 4 is 67.9 Å². The minimum absolute atomic E-state index is 0.896. The van der Waals surface area contributed by atoms with Crippen LogP contribution in [-0.2, 0) is 35.9 Å². The molecule has 8 heteroatoms. The zero-order chi connectivity index (χ0) is 10.6. The predicted molar refractivity (Wildman–Crippen MR) is 80.5 cm³/mol. The van der Waals surface area contributed by atoms with Crippen LogP contribution in [0, 0.1) is 0 Å². The fourth-order valence-electron chi connectivity index (χ4n) is 0.731. The van der Waals surface area contributed by atoms with Gasteiger partial charge in [0.1, 0.15) is 4.59 Å². The fourth-order valence-corrected chi connectivity index (χ4v) is 23.8. The maximum atomic E-state index is 5.45. The highest BCUT2D eigenvalue weighted by Gasteiger charge is 2.13. The van der Waals surface area contributed by atoms with Crippen LogP contribution >= 0.6 is 32.1 Å². The Labute approximate surface area is 108 Å². The summed E-state index contributed by atoms with van der Waals surface area (Å²) in [7, 11) is 0. The minimum Gasteiger partial charge on any atom is -0.665 e. The number of rotatable bonds is 4. The van der Waals surface area contributed by atoms with Crippen LogP contribution in [-0.4, -0.2) is 6.26 Å². The molecule has 2 atom stereocenters. The normalized spacial score (nSPS) is 17.3. The summed E-state index contributed by atoms with van der Waals surface area (Å²) in [6.45, 7) is 0. The lowest BCUT2D eigenvalue weighted by atomic mass is 10.5. The van der Waals surface area contributed by atoms with Gasteiger partial charge in [0, 0.05) is 12.1 Å². The molecule has 2 unspecified atom stereocenters. The zero-order valence-electron chi connectivity index (χ0n) is 7.32. The quantitative estimate of drug-likeness (QED) is 0.618. The summed E-state index contributed by atoms with van der Waals surface area (Å²) in [6.07, 6.45) is 5.89. The summed E-state index contributed by atoms with van der Waals surface area (Å²) in [5.74, 6) is 0. The molecule has 0 N–H and O–H groups in total. The third kappa shape index (κ3) is 4.17. The standard InChI is InChI=1S/C6H9NP2S5/c1-13-8(10)14-9(11,12)7-5-3-2-4-6-7/h2-6,8H,1H3. The van der Waals surface area contributed by atoms with E-state index in [0.29, 0.717) is 0 Å². The summed E-state index contributed by atoms with van der Waals surface area (Å²) in [5, 5.41) is -0.896. The van der Waals surface area contributed by atoms with Crippen molar-refractivity contribution in [1.29, 1.82) is 0 Å². The molecule has 0 aromatic carbocycles. The Morgan fingerprint density at radius 3 is 2.43 bits per heavy atom. The molecule has 1 heterocycles. The third-order valence-corrected chi connectivity index (χ3v) is 21.2. The predicted octanol–water partition coefficient (Wildman–Crippen LogP) is 3.20. The van der Waals surface area contributed by atoms with Gasteiger partial charge in [0.15, 0.2) is 12.4 Å². The summed E-state index contributed by atoms with van der Waals surface area (Å²) < 4.78 is 0.00661. The first-order chi connectivity index (χ1) is 6.56. The molecule has 1 aromatic rings. The van der Waals surface area contributed by atoms with Gasteiger partial charge in [-0.2, -0.15) is 4.34 Å². The number of hydrogen-bond acceptors (Lipinski definition) is 5. The molecule has 0 saturated carbocycles. The second-order valence-corrected chi connectivity index (χ2v) is 21.0. The molecule has 78 valence electrons. The van der Waals surface area contributed by atoms with Gasteiger partial charge in [-0.15, -0.1) is 11.4 Å². The van der Waals surface area contributed by atoms with Crippen molar-refractivity contribution in [3.05, 3.63) is 30.6 Å². The second-order valence-electron chi connectivity index (χ2n) is 2.27. The van der Waals surface area contributed by atoms with Crippen molar-refractivity contribution in [3.8, 4) is 0 Å². The van der Waals surface area contributed by atoms with Crippen molar-refractivity contribution in [2.24, 2.45) is 0 Å². The van der Waals surface area contributed by atoms with Crippen molar-refractivity contribution in [1.82, 2.24) is 0 Å². The van der Waals surface area contributed by atoms with Gasteiger partial charge in [0.2, 0.25) is 0 Å². The highest BCUT2D eigenvalue weighted by Crippen LogP contribution is 2.68. The molecule has 1 rings (SSSR count). The lowest BCUT2D eigenvalue weighted by Gasteiger charge is -2.20. The van der Waals surface area contributed by atoms with E-state index in [1.54, 1.807) is 22.4 Å². The molecule has 0 radical (unpaired) electrons. The van der Waals surface area contributed by atoms with Crippen molar-refractivity contribution in [2.45, 2.75) is 0 Å². The van der Waals surface area contributed by atoms with Crippen LogP contribution < -0.4 is 4.34 Å². The number of nitrogens with zero attached hydrogens (tertiary/aromatic N) is 1.